The van der Waals surface area contributed by atoms with Crippen molar-refractivity contribution in [1.82, 2.24) is 9.69 Å². The van der Waals surface area contributed by atoms with Crippen molar-refractivity contribution < 1.29 is 0 Å². The van der Waals surface area contributed by atoms with Gasteiger partial charge in [-0.2, -0.15) is 4.37 Å². The maximum atomic E-state index is 4.36. The van der Waals surface area contributed by atoms with Gasteiger partial charge >= 0.3 is 0 Å². The minimum atomic E-state index is 0.545. The maximum absolute atomic E-state index is 4.36. The molecule has 0 aliphatic heterocycles. The van der Waals surface area contributed by atoms with Crippen molar-refractivity contribution in [3.05, 3.63) is 16.6 Å². The van der Waals surface area contributed by atoms with Gasteiger partial charge in [-0.15, -0.1) is 0 Å². The van der Waals surface area contributed by atoms with Crippen LogP contribution in [0.2, 0.25) is 0 Å². The molecule has 1 aromatic heterocycles. The van der Waals surface area contributed by atoms with Crippen LogP contribution in [0.1, 0.15) is 42.3 Å². The van der Waals surface area contributed by atoms with E-state index >= 15 is 0 Å². The van der Waals surface area contributed by atoms with E-state index in [-0.39, 0.29) is 0 Å². The highest BCUT2D eigenvalue weighted by Gasteiger charge is 2.26. The largest absolute Gasteiger partial charge is 0.312 e. The highest BCUT2D eigenvalue weighted by molar-refractivity contribution is 7.05. The molecule has 1 unspecified atom stereocenters. The molecule has 1 aliphatic carbocycles. The molecule has 14 heavy (non-hydrogen) atoms. The molecule has 3 heteroatoms. The van der Waals surface area contributed by atoms with Gasteiger partial charge in [0.25, 0.3) is 0 Å². The Hall–Kier alpha value is -0.410. The van der Waals surface area contributed by atoms with Crippen molar-refractivity contribution in [2.45, 2.75) is 38.6 Å². The van der Waals surface area contributed by atoms with Crippen LogP contribution in [-0.2, 0) is 0 Å². The van der Waals surface area contributed by atoms with Gasteiger partial charge in [-0.3, -0.25) is 0 Å². The third-order valence-corrected chi connectivity index (χ3v) is 4.10. The molecule has 2 nitrogen and oxygen atoms in total. The standard InChI is InChI=1S/C11H18N2S/c1-8-7-10(14-13-8)11(12-2)9-5-3-4-6-9/h7,9,11-12H,3-6H2,1-2H3. The number of nitrogens with one attached hydrogen (secondary N) is 1. The first-order valence-electron chi connectivity index (χ1n) is 5.41. The lowest BCUT2D eigenvalue weighted by Crippen LogP contribution is -2.22. The third kappa shape index (κ3) is 1.98. The van der Waals surface area contributed by atoms with Gasteiger partial charge in [-0.05, 0) is 50.3 Å². The molecule has 0 bridgehead atoms. The smallest absolute Gasteiger partial charge is 0.0514 e. The summed E-state index contributed by atoms with van der Waals surface area (Å²) in [6.07, 6.45) is 5.56. The fourth-order valence-electron chi connectivity index (χ4n) is 2.43. The Bertz CT molecular complexity index is 289. The lowest BCUT2D eigenvalue weighted by Gasteiger charge is -2.20. The van der Waals surface area contributed by atoms with E-state index in [1.165, 1.54) is 30.6 Å². The Kier molecular flexibility index (Phi) is 3.19. The summed E-state index contributed by atoms with van der Waals surface area (Å²) in [5.41, 5.74) is 1.16. The summed E-state index contributed by atoms with van der Waals surface area (Å²) in [5.74, 6) is 0.833. The quantitative estimate of drug-likeness (QED) is 0.829. The Morgan fingerprint density at radius 3 is 2.71 bits per heavy atom. The van der Waals surface area contributed by atoms with Gasteiger partial charge in [0, 0.05) is 10.9 Å². The van der Waals surface area contributed by atoms with Crippen molar-refractivity contribution in [3.8, 4) is 0 Å². The zero-order valence-electron chi connectivity index (χ0n) is 8.92. The molecule has 0 saturated heterocycles. The van der Waals surface area contributed by atoms with Crippen LogP contribution in [0.4, 0.5) is 0 Å². The first kappa shape index (κ1) is 10.1. The summed E-state index contributed by atoms with van der Waals surface area (Å²) in [6, 6.07) is 2.77. The first-order valence-corrected chi connectivity index (χ1v) is 6.19. The van der Waals surface area contributed by atoms with Crippen molar-refractivity contribution in [3.63, 3.8) is 0 Å². The third-order valence-electron chi connectivity index (χ3n) is 3.13. The van der Waals surface area contributed by atoms with Gasteiger partial charge < -0.3 is 5.32 Å². The van der Waals surface area contributed by atoms with Crippen molar-refractivity contribution in [2.24, 2.45) is 5.92 Å². The lowest BCUT2D eigenvalue weighted by molar-refractivity contribution is 0.395. The van der Waals surface area contributed by atoms with Crippen LogP contribution in [0, 0.1) is 12.8 Å². The second kappa shape index (κ2) is 4.41. The Labute approximate surface area is 89.9 Å². The van der Waals surface area contributed by atoms with Crippen molar-refractivity contribution >= 4 is 11.5 Å². The zero-order chi connectivity index (χ0) is 9.97. The van der Waals surface area contributed by atoms with Gasteiger partial charge in [0.1, 0.15) is 0 Å². The van der Waals surface area contributed by atoms with E-state index in [0.29, 0.717) is 6.04 Å². The molecule has 1 fully saturated rings. The van der Waals surface area contributed by atoms with E-state index in [1.54, 1.807) is 11.5 Å². The SMILES string of the molecule is CNC(c1cc(C)ns1)C1CCCC1. The second-order valence-electron chi connectivity index (χ2n) is 4.18. The molecule has 0 amide bonds. The molecule has 0 aromatic carbocycles. The minimum Gasteiger partial charge on any atom is -0.312 e. The summed E-state index contributed by atoms with van der Waals surface area (Å²) in [5, 5.41) is 3.44. The van der Waals surface area contributed by atoms with E-state index in [1.807, 2.05) is 0 Å². The summed E-state index contributed by atoms with van der Waals surface area (Å²) >= 11 is 1.66. The number of rotatable bonds is 3. The highest BCUT2D eigenvalue weighted by atomic mass is 32.1. The molecular weight excluding hydrogens is 192 g/mol. The second-order valence-corrected chi connectivity index (χ2v) is 5.02. The maximum Gasteiger partial charge on any atom is 0.0514 e. The van der Waals surface area contributed by atoms with Gasteiger partial charge in [0.15, 0.2) is 0 Å². The summed E-state index contributed by atoms with van der Waals surface area (Å²) in [4.78, 5) is 1.41. The predicted molar refractivity (Wildman–Crippen MR) is 60.6 cm³/mol. The average Bonchev–Trinajstić information content (AvgIpc) is 2.79. The van der Waals surface area contributed by atoms with E-state index in [2.05, 4.69) is 29.7 Å². The van der Waals surface area contributed by atoms with E-state index in [0.717, 1.165) is 11.6 Å². The Morgan fingerprint density at radius 1 is 1.50 bits per heavy atom. The minimum absolute atomic E-state index is 0.545. The predicted octanol–water partition coefficient (Wildman–Crippen LogP) is 2.90. The molecule has 1 heterocycles. The lowest BCUT2D eigenvalue weighted by atomic mass is 9.97. The van der Waals surface area contributed by atoms with E-state index in [9.17, 15) is 0 Å². The monoisotopic (exact) mass is 210 g/mol. The van der Waals surface area contributed by atoms with Gasteiger partial charge in [0.05, 0.1) is 5.69 Å². The number of aromatic nitrogens is 1. The van der Waals surface area contributed by atoms with E-state index < -0.39 is 0 Å². The van der Waals surface area contributed by atoms with Crippen LogP contribution >= 0.6 is 11.5 Å². The molecule has 1 N–H and O–H groups in total. The van der Waals surface area contributed by atoms with Gasteiger partial charge in [-0.1, -0.05) is 12.8 Å². The average molecular weight is 210 g/mol. The van der Waals surface area contributed by atoms with Crippen molar-refractivity contribution in [1.29, 1.82) is 0 Å². The molecule has 0 spiro atoms. The molecule has 1 aliphatic rings. The molecular formula is C11H18N2S. The number of hydrogen-bond acceptors (Lipinski definition) is 3. The number of nitrogens with zero attached hydrogens (tertiary/aromatic N) is 1. The van der Waals surface area contributed by atoms with Crippen LogP contribution in [0.25, 0.3) is 0 Å². The fraction of sp³-hybridized carbons (Fsp3) is 0.727. The number of aryl methyl sites for hydroxylation is 1. The Balaban J connectivity index is 2.12. The molecule has 1 atom stereocenters. The summed E-state index contributed by atoms with van der Waals surface area (Å²) in [7, 11) is 2.07. The van der Waals surface area contributed by atoms with Gasteiger partial charge in [0.2, 0.25) is 0 Å². The molecule has 0 radical (unpaired) electrons. The van der Waals surface area contributed by atoms with Crippen LogP contribution in [0.15, 0.2) is 6.07 Å². The van der Waals surface area contributed by atoms with Crippen LogP contribution in [0.3, 0.4) is 0 Å². The summed E-state index contributed by atoms with van der Waals surface area (Å²) in [6.45, 7) is 2.07. The van der Waals surface area contributed by atoms with Crippen molar-refractivity contribution in [2.75, 3.05) is 7.05 Å². The summed E-state index contributed by atoms with van der Waals surface area (Å²) < 4.78 is 4.36. The molecule has 1 saturated carbocycles. The highest BCUT2D eigenvalue weighted by Crippen LogP contribution is 2.36. The number of hydrogen-bond donors (Lipinski definition) is 1. The fourth-order valence-corrected chi connectivity index (χ4v) is 3.38. The molecule has 78 valence electrons. The first-order chi connectivity index (χ1) is 6.81. The zero-order valence-corrected chi connectivity index (χ0v) is 9.73. The Morgan fingerprint density at radius 2 is 2.21 bits per heavy atom. The van der Waals surface area contributed by atoms with Crippen LogP contribution < -0.4 is 5.32 Å². The van der Waals surface area contributed by atoms with E-state index in [4.69, 9.17) is 0 Å². The normalized spacial score (nSPS) is 20.1. The van der Waals surface area contributed by atoms with Gasteiger partial charge in [-0.25, -0.2) is 0 Å². The molecule has 1 aromatic rings. The topological polar surface area (TPSA) is 24.9 Å². The van der Waals surface area contributed by atoms with Crippen LogP contribution in [0.5, 0.6) is 0 Å². The molecule has 2 rings (SSSR count). The van der Waals surface area contributed by atoms with Crippen LogP contribution in [-0.4, -0.2) is 11.4 Å².